The van der Waals surface area contributed by atoms with E-state index in [9.17, 15) is 35.1 Å². The molecule has 166 valence electrons. The summed E-state index contributed by atoms with van der Waals surface area (Å²) >= 11 is 0. The van der Waals surface area contributed by atoms with Gasteiger partial charge in [-0.1, -0.05) is 18.2 Å². The number of rotatable bonds is 4. The molecule has 0 radical (unpaired) electrons. The molecule has 3 aromatic rings. The second-order valence-electron chi connectivity index (χ2n) is 7.28. The number of hydrogen-bond acceptors (Lipinski definition) is 9. The van der Waals surface area contributed by atoms with E-state index in [1.807, 2.05) is 0 Å². The van der Waals surface area contributed by atoms with Gasteiger partial charge < -0.3 is 4.74 Å². The van der Waals surface area contributed by atoms with Gasteiger partial charge in [-0.3, -0.25) is 30.3 Å². The van der Waals surface area contributed by atoms with Crippen molar-refractivity contribution >= 4 is 34.5 Å². The summed E-state index contributed by atoms with van der Waals surface area (Å²) in [6.45, 7) is 0. The van der Waals surface area contributed by atoms with Crippen molar-refractivity contribution in [2.75, 3.05) is 0 Å². The molecule has 0 fully saturated rings. The van der Waals surface area contributed by atoms with Crippen molar-refractivity contribution in [1.29, 1.82) is 0 Å². The molecule has 2 aliphatic rings. The van der Waals surface area contributed by atoms with E-state index < -0.39 is 32.1 Å². The number of nitrogens with zero attached hydrogens (tertiary/aromatic N) is 4. The molecule has 1 aliphatic carbocycles. The summed E-state index contributed by atoms with van der Waals surface area (Å²) in [4.78, 5) is 49.5. The van der Waals surface area contributed by atoms with Gasteiger partial charge in [0.15, 0.2) is 5.70 Å². The van der Waals surface area contributed by atoms with Crippen molar-refractivity contribution in [2.24, 2.45) is 4.99 Å². The average Bonchev–Trinajstić information content (AvgIpc) is 3.35. The molecular weight excluding hydrogens is 448 g/mol. The van der Waals surface area contributed by atoms with Gasteiger partial charge in [0.05, 0.1) is 26.4 Å². The first-order valence-corrected chi connectivity index (χ1v) is 9.63. The molecule has 0 saturated carbocycles. The van der Waals surface area contributed by atoms with Crippen molar-refractivity contribution in [2.45, 2.75) is 0 Å². The third-order valence-electron chi connectivity index (χ3n) is 5.39. The Hall–Kier alpha value is -5.26. The highest BCUT2D eigenvalue weighted by molar-refractivity contribution is 6.19. The van der Waals surface area contributed by atoms with E-state index >= 15 is 0 Å². The molecule has 0 spiro atoms. The van der Waals surface area contributed by atoms with Gasteiger partial charge in [-0.2, -0.15) is 0 Å². The van der Waals surface area contributed by atoms with Crippen LogP contribution in [0.1, 0.15) is 16.7 Å². The second-order valence-corrected chi connectivity index (χ2v) is 7.28. The van der Waals surface area contributed by atoms with E-state index in [4.69, 9.17) is 4.74 Å². The summed E-state index contributed by atoms with van der Waals surface area (Å²) in [5, 5.41) is 34.7. The zero-order chi connectivity index (χ0) is 24.1. The Morgan fingerprint density at radius 1 is 0.735 bits per heavy atom. The normalized spacial score (nSPS) is 15.9. The quantitative estimate of drug-likeness (QED) is 0.190. The number of nitro groups is 3. The number of fused-ring (bicyclic) bond motifs is 3. The molecule has 0 saturated heterocycles. The van der Waals surface area contributed by atoms with Crippen LogP contribution in [0.4, 0.5) is 17.1 Å². The number of benzene rings is 3. The fourth-order valence-corrected chi connectivity index (χ4v) is 3.98. The highest BCUT2D eigenvalue weighted by atomic mass is 16.6. The number of nitro benzene ring substituents is 3. The maximum atomic E-state index is 12.8. The lowest BCUT2D eigenvalue weighted by atomic mass is 10.0. The number of carbonyl (C=O) groups is 1. The molecule has 0 aromatic heterocycles. The molecule has 3 aromatic carbocycles. The molecule has 1 aliphatic heterocycles. The van der Waals surface area contributed by atoms with Crippen LogP contribution in [0.15, 0.2) is 71.4 Å². The van der Waals surface area contributed by atoms with Crippen LogP contribution in [0, 0.1) is 30.3 Å². The van der Waals surface area contributed by atoms with Gasteiger partial charge in [0.25, 0.3) is 17.1 Å². The summed E-state index contributed by atoms with van der Waals surface area (Å²) in [7, 11) is 0. The summed E-state index contributed by atoms with van der Waals surface area (Å²) < 4.78 is 5.29. The Morgan fingerprint density at radius 3 is 2.06 bits per heavy atom. The number of non-ortho nitro benzene ring substituents is 2. The minimum atomic E-state index is -0.895. The van der Waals surface area contributed by atoms with Gasteiger partial charge >= 0.3 is 5.97 Å². The average molecular weight is 458 g/mol. The molecule has 0 N–H and O–H groups in total. The number of ether oxygens (including phenoxy) is 1. The lowest BCUT2D eigenvalue weighted by molar-refractivity contribution is -0.393. The lowest BCUT2D eigenvalue weighted by Crippen LogP contribution is -2.06. The summed E-state index contributed by atoms with van der Waals surface area (Å²) in [6, 6.07) is 14.0. The number of aliphatic imine (C=N–C) groups is 1. The Morgan fingerprint density at radius 2 is 1.41 bits per heavy atom. The van der Waals surface area contributed by atoms with Gasteiger partial charge in [0.1, 0.15) is 0 Å². The highest BCUT2D eigenvalue weighted by Crippen LogP contribution is 2.52. The SMILES string of the molecule is O=C1OC(c2ccccc2)=NC1=C1c2cc([N+](=O)[O-])ccc2-c2c1cc([N+](=O)[O-])cc2[N+](=O)[O-]. The van der Waals surface area contributed by atoms with Gasteiger partial charge in [-0.25, -0.2) is 9.79 Å². The fourth-order valence-electron chi connectivity index (χ4n) is 3.98. The number of hydrogen-bond donors (Lipinski definition) is 0. The third kappa shape index (κ3) is 3.09. The Kier molecular flexibility index (Phi) is 4.50. The van der Waals surface area contributed by atoms with Crippen LogP contribution in [-0.4, -0.2) is 26.6 Å². The largest absolute Gasteiger partial charge is 0.402 e. The van der Waals surface area contributed by atoms with Gasteiger partial charge in [-0.05, 0) is 29.3 Å². The molecular formula is C22H10N4O8. The predicted octanol–water partition coefficient (Wildman–Crippen LogP) is 4.15. The van der Waals surface area contributed by atoms with Crippen molar-refractivity contribution in [3.63, 3.8) is 0 Å². The molecule has 12 heteroatoms. The van der Waals surface area contributed by atoms with Crippen LogP contribution in [0.3, 0.4) is 0 Å². The topological polar surface area (TPSA) is 168 Å². The Balaban J connectivity index is 1.87. The van der Waals surface area contributed by atoms with Crippen molar-refractivity contribution < 1.29 is 24.3 Å². The monoisotopic (exact) mass is 458 g/mol. The van der Waals surface area contributed by atoms with Crippen LogP contribution in [0.2, 0.25) is 0 Å². The molecule has 1 heterocycles. The highest BCUT2D eigenvalue weighted by Gasteiger charge is 2.39. The van der Waals surface area contributed by atoms with Crippen LogP contribution in [0.25, 0.3) is 16.7 Å². The molecule has 0 amide bonds. The molecule has 0 bridgehead atoms. The van der Waals surface area contributed by atoms with Crippen molar-refractivity contribution in [3.05, 3.63) is 113 Å². The Bertz CT molecular complexity index is 1530. The first kappa shape index (κ1) is 20.6. The van der Waals surface area contributed by atoms with E-state index in [0.717, 1.165) is 24.3 Å². The van der Waals surface area contributed by atoms with Crippen LogP contribution < -0.4 is 0 Å². The zero-order valence-corrected chi connectivity index (χ0v) is 16.8. The lowest BCUT2D eigenvalue weighted by Gasteiger charge is -2.04. The maximum absolute atomic E-state index is 12.8. The molecule has 12 nitrogen and oxygen atoms in total. The molecule has 0 atom stereocenters. The summed E-state index contributed by atoms with van der Waals surface area (Å²) in [5.74, 6) is -0.929. The smallest absolute Gasteiger partial charge is 0.364 e. The predicted molar refractivity (Wildman–Crippen MR) is 117 cm³/mol. The zero-order valence-electron chi connectivity index (χ0n) is 16.8. The van der Waals surface area contributed by atoms with Crippen LogP contribution in [-0.2, 0) is 9.53 Å². The van der Waals surface area contributed by atoms with E-state index in [1.54, 1.807) is 30.3 Å². The Labute approximate surface area is 188 Å². The second kappa shape index (κ2) is 7.41. The fraction of sp³-hybridized carbons (Fsp3) is 0. The first-order valence-electron chi connectivity index (χ1n) is 9.63. The van der Waals surface area contributed by atoms with E-state index in [1.165, 1.54) is 6.07 Å². The summed E-state index contributed by atoms with van der Waals surface area (Å²) in [5.41, 5.74) is -0.989. The van der Waals surface area contributed by atoms with E-state index in [2.05, 4.69) is 4.99 Å². The van der Waals surface area contributed by atoms with Crippen LogP contribution in [0.5, 0.6) is 0 Å². The summed E-state index contributed by atoms with van der Waals surface area (Å²) in [6.07, 6.45) is 0. The van der Waals surface area contributed by atoms with E-state index in [-0.39, 0.29) is 45.1 Å². The maximum Gasteiger partial charge on any atom is 0.364 e. The van der Waals surface area contributed by atoms with Crippen LogP contribution >= 0.6 is 0 Å². The number of cyclic esters (lactones) is 1. The number of esters is 1. The molecule has 5 rings (SSSR count). The minimum absolute atomic E-state index is 0.000779. The molecule has 34 heavy (non-hydrogen) atoms. The first-order chi connectivity index (χ1) is 16.3. The molecule has 0 unspecified atom stereocenters. The van der Waals surface area contributed by atoms with Crippen molar-refractivity contribution in [3.8, 4) is 11.1 Å². The number of carbonyl (C=O) groups excluding carboxylic acids is 1. The minimum Gasteiger partial charge on any atom is -0.402 e. The van der Waals surface area contributed by atoms with Gasteiger partial charge in [0, 0.05) is 34.9 Å². The third-order valence-corrected chi connectivity index (χ3v) is 5.39. The van der Waals surface area contributed by atoms with Gasteiger partial charge in [0.2, 0.25) is 5.90 Å². The van der Waals surface area contributed by atoms with E-state index in [0.29, 0.717) is 5.56 Å². The van der Waals surface area contributed by atoms with Gasteiger partial charge in [-0.15, -0.1) is 0 Å². The standard InChI is InChI=1S/C22H10N4O8/c27-22-20(23-21(34-22)11-4-2-1-3-5-11)19-15-8-12(24(28)29)6-7-14(15)18-16(19)9-13(25(30)31)10-17(18)26(32)33/h1-10H. The van der Waals surface area contributed by atoms with Crippen molar-refractivity contribution in [1.82, 2.24) is 0 Å².